The van der Waals surface area contributed by atoms with Crippen LogP contribution in [0.15, 0.2) is 29.3 Å². The summed E-state index contributed by atoms with van der Waals surface area (Å²) in [6, 6.07) is 7.96. The molecule has 2 rings (SSSR count). The summed E-state index contributed by atoms with van der Waals surface area (Å²) in [6.45, 7) is 7.24. The first-order chi connectivity index (χ1) is 13.2. The Hall–Kier alpha value is -1.51. The summed E-state index contributed by atoms with van der Waals surface area (Å²) in [5.41, 5.74) is 1.06. The monoisotopic (exact) mass is 502 g/mol. The van der Waals surface area contributed by atoms with Crippen LogP contribution in [-0.2, 0) is 11.3 Å². The maximum atomic E-state index is 12.2. The minimum atomic E-state index is 0. The first-order valence-corrected chi connectivity index (χ1v) is 10.2. The number of nitrogens with one attached hydrogen (secondary N) is 3. The molecule has 158 valence electrons. The van der Waals surface area contributed by atoms with Gasteiger partial charge in [-0.1, -0.05) is 37.5 Å². The van der Waals surface area contributed by atoms with Crippen LogP contribution in [0.5, 0.6) is 5.75 Å². The molecule has 1 aliphatic carbocycles. The highest BCUT2D eigenvalue weighted by atomic mass is 127. The van der Waals surface area contributed by atoms with Crippen LogP contribution < -0.4 is 20.7 Å². The number of amides is 1. The molecule has 0 aromatic heterocycles. The molecule has 1 fully saturated rings. The first kappa shape index (κ1) is 24.5. The Kier molecular flexibility index (Phi) is 12.7. The van der Waals surface area contributed by atoms with Gasteiger partial charge in [0, 0.05) is 31.1 Å². The third kappa shape index (κ3) is 8.67. The van der Waals surface area contributed by atoms with Gasteiger partial charge < -0.3 is 20.7 Å². The fourth-order valence-electron chi connectivity index (χ4n) is 3.31. The van der Waals surface area contributed by atoms with E-state index in [-0.39, 0.29) is 35.8 Å². The Morgan fingerprint density at radius 3 is 2.50 bits per heavy atom. The summed E-state index contributed by atoms with van der Waals surface area (Å²) in [5, 5.41) is 9.57. The van der Waals surface area contributed by atoms with E-state index in [0.29, 0.717) is 26.2 Å². The second-order valence-electron chi connectivity index (χ2n) is 6.79. The molecule has 6 nitrogen and oxygen atoms in total. The summed E-state index contributed by atoms with van der Waals surface area (Å²) < 4.78 is 5.65. The molecule has 28 heavy (non-hydrogen) atoms. The first-order valence-electron chi connectivity index (χ1n) is 10.2. The molecule has 0 radical (unpaired) electrons. The van der Waals surface area contributed by atoms with Crippen LogP contribution in [0.3, 0.4) is 0 Å². The molecule has 7 heteroatoms. The fourth-order valence-corrected chi connectivity index (χ4v) is 3.31. The Morgan fingerprint density at radius 1 is 1.07 bits per heavy atom. The molecule has 0 spiro atoms. The molecular formula is C21H35IN4O2. The lowest BCUT2D eigenvalue weighted by Crippen LogP contribution is -2.42. The average molecular weight is 502 g/mol. The smallest absolute Gasteiger partial charge is 0.223 e. The molecule has 0 aliphatic heterocycles. The number of hydrogen-bond donors (Lipinski definition) is 3. The van der Waals surface area contributed by atoms with Crippen molar-refractivity contribution < 1.29 is 9.53 Å². The summed E-state index contributed by atoms with van der Waals surface area (Å²) >= 11 is 0. The van der Waals surface area contributed by atoms with E-state index in [9.17, 15) is 4.79 Å². The Bertz CT molecular complexity index is 604. The predicted molar refractivity (Wildman–Crippen MR) is 125 cm³/mol. The molecule has 1 aliphatic rings. The Morgan fingerprint density at radius 2 is 1.79 bits per heavy atom. The highest BCUT2D eigenvalue weighted by Gasteiger charge is 2.20. The lowest BCUT2D eigenvalue weighted by atomic mass is 9.89. The van der Waals surface area contributed by atoms with Gasteiger partial charge in [-0.15, -0.1) is 24.0 Å². The number of carbonyl (C=O) groups excluding carboxylic acids is 1. The Labute approximate surface area is 186 Å². The third-order valence-electron chi connectivity index (χ3n) is 4.72. The summed E-state index contributed by atoms with van der Waals surface area (Å²) in [4.78, 5) is 16.8. The van der Waals surface area contributed by atoms with Crippen molar-refractivity contribution in [1.82, 2.24) is 16.0 Å². The minimum Gasteiger partial charge on any atom is -0.494 e. The number of carbonyl (C=O) groups is 1. The summed E-state index contributed by atoms with van der Waals surface area (Å²) in [5.74, 6) is 2.02. The number of aliphatic imine (C=N–C) groups is 1. The predicted octanol–water partition coefficient (Wildman–Crippen LogP) is 3.45. The molecule has 0 saturated heterocycles. The quantitative estimate of drug-likeness (QED) is 0.209. The Balaban J connectivity index is 0.00000392. The van der Waals surface area contributed by atoms with Crippen molar-refractivity contribution in [3.8, 4) is 5.75 Å². The van der Waals surface area contributed by atoms with E-state index in [0.717, 1.165) is 36.7 Å². The van der Waals surface area contributed by atoms with Crippen molar-refractivity contribution in [2.75, 3.05) is 26.2 Å². The van der Waals surface area contributed by atoms with Crippen molar-refractivity contribution in [3.05, 3.63) is 29.8 Å². The van der Waals surface area contributed by atoms with Crippen LogP contribution in [0, 0.1) is 5.92 Å². The largest absolute Gasteiger partial charge is 0.494 e. The third-order valence-corrected chi connectivity index (χ3v) is 4.72. The fraction of sp³-hybridized carbons (Fsp3) is 0.619. The molecule has 3 N–H and O–H groups in total. The lowest BCUT2D eigenvalue weighted by Gasteiger charge is -2.21. The number of ether oxygens (including phenoxy) is 1. The molecule has 1 aromatic rings. The highest BCUT2D eigenvalue weighted by Crippen LogP contribution is 2.23. The van der Waals surface area contributed by atoms with Gasteiger partial charge in [0.1, 0.15) is 5.75 Å². The van der Waals surface area contributed by atoms with E-state index < -0.39 is 0 Å². The van der Waals surface area contributed by atoms with Gasteiger partial charge in [0.2, 0.25) is 5.91 Å². The van der Waals surface area contributed by atoms with Gasteiger partial charge in [0.15, 0.2) is 5.96 Å². The van der Waals surface area contributed by atoms with Crippen molar-refractivity contribution in [2.45, 2.75) is 52.5 Å². The number of hydrogen-bond acceptors (Lipinski definition) is 3. The van der Waals surface area contributed by atoms with Gasteiger partial charge in [0.05, 0.1) is 13.2 Å². The number of guanidine groups is 1. The van der Waals surface area contributed by atoms with E-state index >= 15 is 0 Å². The molecule has 1 aromatic carbocycles. The van der Waals surface area contributed by atoms with Crippen molar-refractivity contribution >= 4 is 35.8 Å². The second kappa shape index (κ2) is 14.5. The van der Waals surface area contributed by atoms with Crippen LogP contribution in [0.2, 0.25) is 0 Å². The van der Waals surface area contributed by atoms with E-state index in [1.807, 2.05) is 38.1 Å². The number of rotatable bonds is 9. The molecule has 0 atom stereocenters. The van der Waals surface area contributed by atoms with Gasteiger partial charge in [0.25, 0.3) is 0 Å². The van der Waals surface area contributed by atoms with Crippen molar-refractivity contribution in [3.63, 3.8) is 0 Å². The molecule has 0 bridgehead atoms. The molecule has 0 unspecified atom stereocenters. The molecular weight excluding hydrogens is 467 g/mol. The number of nitrogens with zero attached hydrogens (tertiary/aromatic N) is 1. The summed E-state index contributed by atoms with van der Waals surface area (Å²) in [6.07, 6.45) is 5.68. The average Bonchev–Trinajstić information content (AvgIpc) is 2.71. The van der Waals surface area contributed by atoms with Crippen LogP contribution >= 0.6 is 24.0 Å². The van der Waals surface area contributed by atoms with Crippen LogP contribution in [0.25, 0.3) is 0 Å². The van der Waals surface area contributed by atoms with Crippen LogP contribution in [0.1, 0.15) is 51.5 Å². The SMILES string of the molecule is CCNC(=NCc1ccccc1OCC)NCCNC(=O)C1CCCCC1.I. The lowest BCUT2D eigenvalue weighted by molar-refractivity contribution is -0.125. The van der Waals surface area contributed by atoms with Gasteiger partial charge in [-0.25, -0.2) is 4.99 Å². The highest BCUT2D eigenvalue weighted by molar-refractivity contribution is 14.0. The van der Waals surface area contributed by atoms with Crippen molar-refractivity contribution in [1.29, 1.82) is 0 Å². The maximum absolute atomic E-state index is 12.2. The van der Waals surface area contributed by atoms with Crippen molar-refractivity contribution in [2.24, 2.45) is 10.9 Å². The van der Waals surface area contributed by atoms with Gasteiger partial charge in [-0.3, -0.25) is 4.79 Å². The van der Waals surface area contributed by atoms with Gasteiger partial charge >= 0.3 is 0 Å². The maximum Gasteiger partial charge on any atom is 0.223 e. The standard InChI is InChI=1S/C21H34N4O2.HI/c1-3-22-21(25-16-18-12-8-9-13-19(18)27-4-2)24-15-14-23-20(26)17-10-6-5-7-11-17;/h8-9,12-13,17H,3-7,10-11,14-16H2,1-2H3,(H,23,26)(H2,22,24,25);1H. The van der Waals surface area contributed by atoms with Crippen LogP contribution in [0.4, 0.5) is 0 Å². The van der Waals surface area contributed by atoms with Gasteiger partial charge in [-0.05, 0) is 32.8 Å². The van der Waals surface area contributed by atoms with E-state index in [1.54, 1.807) is 0 Å². The van der Waals surface area contributed by atoms with E-state index in [2.05, 4.69) is 20.9 Å². The zero-order valence-corrected chi connectivity index (χ0v) is 19.5. The molecule has 0 heterocycles. The van der Waals surface area contributed by atoms with Crippen LogP contribution in [-0.4, -0.2) is 38.1 Å². The second-order valence-corrected chi connectivity index (χ2v) is 6.79. The van der Waals surface area contributed by atoms with Gasteiger partial charge in [-0.2, -0.15) is 0 Å². The zero-order chi connectivity index (χ0) is 19.3. The molecule has 1 saturated carbocycles. The zero-order valence-electron chi connectivity index (χ0n) is 17.1. The normalized spacial score (nSPS) is 14.7. The number of benzene rings is 1. The summed E-state index contributed by atoms with van der Waals surface area (Å²) in [7, 11) is 0. The van der Waals surface area contributed by atoms with E-state index in [4.69, 9.17) is 4.74 Å². The molecule has 1 amide bonds. The van der Waals surface area contributed by atoms with E-state index in [1.165, 1.54) is 19.3 Å². The number of para-hydroxylation sites is 1. The minimum absolute atomic E-state index is 0. The topological polar surface area (TPSA) is 74.8 Å². The number of halogens is 1.